The predicted octanol–water partition coefficient (Wildman–Crippen LogP) is 3.28. The van der Waals surface area contributed by atoms with Crippen LogP contribution in [0.25, 0.3) is 12.2 Å². The van der Waals surface area contributed by atoms with Crippen molar-refractivity contribution in [3.8, 4) is 0 Å². The SMILES string of the molecule is CCOC(=O)c1ccc(/C=C\c2ccc(S(=O)(=O)O)cc2)cc1. The highest BCUT2D eigenvalue weighted by atomic mass is 32.2. The molecule has 0 radical (unpaired) electrons. The van der Waals surface area contributed by atoms with Gasteiger partial charge in [-0.05, 0) is 42.3 Å². The fourth-order valence-electron chi connectivity index (χ4n) is 1.89. The van der Waals surface area contributed by atoms with Gasteiger partial charge in [0.1, 0.15) is 0 Å². The summed E-state index contributed by atoms with van der Waals surface area (Å²) in [7, 11) is -4.17. The van der Waals surface area contributed by atoms with Crippen molar-refractivity contribution in [1.29, 1.82) is 0 Å². The van der Waals surface area contributed by atoms with Gasteiger partial charge in [-0.2, -0.15) is 8.42 Å². The molecule has 0 spiro atoms. The molecule has 0 saturated carbocycles. The number of hydrogen-bond acceptors (Lipinski definition) is 4. The van der Waals surface area contributed by atoms with Crippen LogP contribution in [0.1, 0.15) is 28.4 Å². The summed E-state index contributed by atoms with van der Waals surface area (Å²) in [6, 6.07) is 12.8. The Bertz CT molecular complexity index is 803. The van der Waals surface area contributed by atoms with Crippen LogP contribution < -0.4 is 0 Å². The van der Waals surface area contributed by atoms with E-state index in [1.807, 2.05) is 6.08 Å². The first-order valence-corrected chi connectivity index (χ1v) is 8.37. The van der Waals surface area contributed by atoms with Crippen molar-refractivity contribution in [2.24, 2.45) is 0 Å². The second-order valence-electron chi connectivity index (χ2n) is 4.72. The number of benzene rings is 2. The van der Waals surface area contributed by atoms with Crippen LogP contribution in [0.15, 0.2) is 53.4 Å². The first-order chi connectivity index (χ1) is 10.9. The first kappa shape index (κ1) is 16.9. The summed E-state index contributed by atoms with van der Waals surface area (Å²) in [5.41, 5.74) is 2.16. The van der Waals surface area contributed by atoms with E-state index in [0.29, 0.717) is 12.2 Å². The molecule has 0 aliphatic rings. The molecule has 120 valence electrons. The van der Waals surface area contributed by atoms with E-state index >= 15 is 0 Å². The Labute approximate surface area is 135 Å². The number of carbonyl (C=O) groups excluding carboxylic acids is 1. The molecule has 0 bridgehead atoms. The molecular formula is C17H16O5S. The lowest BCUT2D eigenvalue weighted by atomic mass is 10.1. The third kappa shape index (κ3) is 4.77. The van der Waals surface area contributed by atoms with Crippen LogP contribution in [0.4, 0.5) is 0 Å². The summed E-state index contributed by atoms with van der Waals surface area (Å²) in [5, 5.41) is 0. The molecule has 0 fully saturated rings. The van der Waals surface area contributed by atoms with Crippen molar-refractivity contribution in [3.05, 3.63) is 65.2 Å². The minimum atomic E-state index is -4.17. The van der Waals surface area contributed by atoms with Crippen molar-refractivity contribution < 1.29 is 22.5 Å². The fraction of sp³-hybridized carbons (Fsp3) is 0.118. The van der Waals surface area contributed by atoms with E-state index in [1.54, 1.807) is 49.4 Å². The molecular weight excluding hydrogens is 316 g/mol. The Hall–Kier alpha value is -2.44. The molecule has 0 heterocycles. The quantitative estimate of drug-likeness (QED) is 0.516. The summed E-state index contributed by atoms with van der Waals surface area (Å²) in [4.78, 5) is 11.4. The second kappa shape index (κ2) is 7.21. The van der Waals surface area contributed by atoms with Crippen LogP contribution in [0, 0.1) is 0 Å². The minimum Gasteiger partial charge on any atom is -0.462 e. The van der Waals surface area contributed by atoms with Gasteiger partial charge in [-0.3, -0.25) is 4.55 Å². The smallest absolute Gasteiger partial charge is 0.338 e. The van der Waals surface area contributed by atoms with Crippen LogP contribution in [-0.4, -0.2) is 25.5 Å². The molecule has 0 aromatic heterocycles. The van der Waals surface area contributed by atoms with E-state index in [2.05, 4.69) is 0 Å². The molecule has 0 aliphatic carbocycles. The number of carbonyl (C=O) groups is 1. The molecule has 23 heavy (non-hydrogen) atoms. The molecule has 0 aliphatic heterocycles. The Morgan fingerprint density at radius 1 is 1.00 bits per heavy atom. The molecule has 2 aromatic rings. The Balaban J connectivity index is 2.09. The van der Waals surface area contributed by atoms with Gasteiger partial charge in [0.05, 0.1) is 17.1 Å². The van der Waals surface area contributed by atoms with Gasteiger partial charge in [-0.1, -0.05) is 36.4 Å². The Kier molecular flexibility index (Phi) is 5.31. The van der Waals surface area contributed by atoms with Crippen LogP contribution in [0.5, 0.6) is 0 Å². The molecule has 1 N–H and O–H groups in total. The summed E-state index contributed by atoms with van der Waals surface area (Å²) in [5.74, 6) is -0.358. The fourth-order valence-corrected chi connectivity index (χ4v) is 2.37. The second-order valence-corrected chi connectivity index (χ2v) is 6.14. The number of ether oxygens (including phenoxy) is 1. The Morgan fingerprint density at radius 2 is 1.48 bits per heavy atom. The molecule has 0 unspecified atom stereocenters. The maximum atomic E-state index is 11.5. The largest absolute Gasteiger partial charge is 0.462 e. The van der Waals surface area contributed by atoms with Crippen LogP contribution in [-0.2, 0) is 14.9 Å². The molecule has 5 nitrogen and oxygen atoms in total. The van der Waals surface area contributed by atoms with Crippen LogP contribution in [0.2, 0.25) is 0 Å². The van der Waals surface area contributed by atoms with E-state index in [-0.39, 0.29) is 10.9 Å². The highest BCUT2D eigenvalue weighted by molar-refractivity contribution is 7.85. The van der Waals surface area contributed by atoms with Crippen molar-refractivity contribution in [1.82, 2.24) is 0 Å². The van der Waals surface area contributed by atoms with Crippen molar-refractivity contribution in [3.63, 3.8) is 0 Å². The molecule has 0 atom stereocenters. The lowest BCUT2D eigenvalue weighted by Gasteiger charge is -2.02. The zero-order valence-corrected chi connectivity index (χ0v) is 13.3. The average molecular weight is 332 g/mol. The van der Waals surface area contributed by atoms with Crippen LogP contribution >= 0.6 is 0 Å². The van der Waals surface area contributed by atoms with Crippen molar-refractivity contribution in [2.45, 2.75) is 11.8 Å². The third-order valence-electron chi connectivity index (χ3n) is 3.07. The molecule has 6 heteroatoms. The van der Waals surface area contributed by atoms with E-state index in [9.17, 15) is 13.2 Å². The standard InChI is InChI=1S/C17H16O5S/c1-2-22-17(18)15-9-5-13(6-10-15)3-4-14-7-11-16(12-8-14)23(19,20)21/h3-12H,2H2,1H3,(H,19,20,21)/b4-3-. The molecule has 0 saturated heterocycles. The summed E-state index contributed by atoms with van der Waals surface area (Å²) in [6.07, 6.45) is 3.63. The van der Waals surface area contributed by atoms with E-state index in [0.717, 1.165) is 11.1 Å². The van der Waals surface area contributed by atoms with Gasteiger partial charge in [0, 0.05) is 0 Å². The molecule has 2 rings (SSSR count). The van der Waals surface area contributed by atoms with E-state index in [4.69, 9.17) is 9.29 Å². The monoisotopic (exact) mass is 332 g/mol. The van der Waals surface area contributed by atoms with Crippen molar-refractivity contribution in [2.75, 3.05) is 6.61 Å². The lowest BCUT2D eigenvalue weighted by Crippen LogP contribution is -2.03. The van der Waals surface area contributed by atoms with Gasteiger partial charge >= 0.3 is 5.97 Å². The molecule has 2 aromatic carbocycles. The summed E-state index contributed by atoms with van der Waals surface area (Å²) >= 11 is 0. The zero-order chi connectivity index (χ0) is 16.9. The maximum absolute atomic E-state index is 11.5. The van der Waals surface area contributed by atoms with Gasteiger partial charge < -0.3 is 4.74 Å². The van der Waals surface area contributed by atoms with Gasteiger partial charge in [-0.15, -0.1) is 0 Å². The Morgan fingerprint density at radius 3 is 1.91 bits per heavy atom. The van der Waals surface area contributed by atoms with Gasteiger partial charge in [-0.25, -0.2) is 4.79 Å². The number of hydrogen-bond donors (Lipinski definition) is 1. The van der Waals surface area contributed by atoms with Crippen molar-refractivity contribution >= 4 is 28.2 Å². The number of rotatable bonds is 5. The van der Waals surface area contributed by atoms with E-state index < -0.39 is 10.1 Å². The minimum absolute atomic E-state index is 0.145. The normalized spacial score (nSPS) is 11.6. The maximum Gasteiger partial charge on any atom is 0.338 e. The lowest BCUT2D eigenvalue weighted by molar-refractivity contribution is 0.0526. The van der Waals surface area contributed by atoms with E-state index in [1.165, 1.54) is 12.1 Å². The predicted molar refractivity (Wildman–Crippen MR) is 87.6 cm³/mol. The highest BCUT2D eigenvalue weighted by Gasteiger charge is 2.07. The zero-order valence-electron chi connectivity index (χ0n) is 12.5. The summed E-state index contributed by atoms with van der Waals surface area (Å²) < 4.78 is 35.7. The van der Waals surface area contributed by atoms with Gasteiger partial charge in [0.15, 0.2) is 0 Å². The molecule has 0 amide bonds. The average Bonchev–Trinajstić information content (AvgIpc) is 2.53. The topological polar surface area (TPSA) is 80.7 Å². The summed E-state index contributed by atoms with van der Waals surface area (Å²) in [6.45, 7) is 2.09. The number of esters is 1. The van der Waals surface area contributed by atoms with Gasteiger partial charge in [0.25, 0.3) is 10.1 Å². The van der Waals surface area contributed by atoms with Crippen LogP contribution in [0.3, 0.4) is 0 Å². The third-order valence-corrected chi connectivity index (χ3v) is 3.94. The highest BCUT2D eigenvalue weighted by Crippen LogP contribution is 2.14. The first-order valence-electron chi connectivity index (χ1n) is 6.93. The van der Waals surface area contributed by atoms with Gasteiger partial charge in [0.2, 0.25) is 0 Å².